The molecule has 0 aliphatic heterocycles. The van der Waals surface area contributed by atoms with Crippen LogP contribution in [0, 0.1) is 5.82 Å². The summed E-state index contributed by atoms with van der Waals surface area (Å²) in [5, 5.41) is 8.96. The van der Waals surface area contributed by atoms with E-state index >= 15 is 0 Å². The molecule has 0 amide bonds. The number of hydrogen-bond acceptors (Lipinski definition) is 3. The summed E-state index contributed by atoms with van der Waals surface area (Å²) < 4.78 is 18.8. The molecule has 19 heavy (non-hydrogen) atoms. The van der Waals surface area contributed by atoms with E-state index < -0.39 is 11.8 Å². The highest BCUT2D eigenvalue weighted by molar-refractivity contribution is 5.91. The normalized spacial score (nSPS) is 10.2. The van der Waals surface area contributed by atoms with E-state index in [1.807, 2.05) is 0 Å². The minimum atomic E-state index is -1.11. The van der Waals surface area contributed by atoms with Crippen molar-refractivity contribution in [2.75, 3.05) is 12.8 Å². The molecular weight excluding hydrogens is 249 g/mol. The van der Waals surface area contributed by atoms with Gasteiger partial charge in [0.15, 0.2) is 0 Å². The maximum atomic E-state index is 13.9. The fourth-order valence-corrected chi connectivity index (χ4v) is 1.79. The summed E-state index contributed by atoms with van der Waals surface area (Å²) in [6.45, 7) is 0. The SMILES string of the molecule is COc1ccc(-c2cc(N)cc(C(=O)O)c2)c(F)c1. The molecule has 0 aliphatic carbocycles. The predicted octanol–water partition coefficient (Wildman–Crippen LogP) is 2.78. The van der Waals surface area contributed by atoms with Gasteiger partial charge in [0.1, 0.15) is 11.6 Å². The molecule has 98 valence electrons. The molecule has 0 heterocycles. The quantitative estimate of drug-likeness (QED) is 0.833. The number of carboxylic acids is 1. The minimum absolute atomic E-state index is 0.0187. The average Bonchev–Trinajstić information content (AvgIpc) is 2.37. The van der Waals surface area contributed by atoms with E-state index in [4.69, 9.17) is 15.6 Å². The van der Waals surface area contributed by atoms with E-state index in [2.05, 4.69) is 0 Å². The molecule has 0 atom stereocenters. The standard InChI is InChI=1S/C14H12FNO3/c1-19-11-2-3-12(13(15)7-11)8-4-9(14(17)18)6-10(16)5-8/h2-7H,16H2,1H3,(H,17,18). The topological polar surface area (TPSA) is 72.5 Å². The highest BCUT2D eigenvalue weighted by Gasteiger charge is 2.11. The monoisotopic (exact) mass is 261 g/mol. The van der Waals surface area contributed by atoms with Crippen molar-refractivity contribution in [1.29, 1.82) is 0 Å². The first-order valence-electron chi connectivity index (χ1n) is 5.49. The zero-order valence-corrected chi connectivity index (χ0v) is 10.2. The van der Waals surface area contributed by atoms with Crippen molar-refractivity contribution in [3.05, 3.63) is 47.8 Å². The van der Waals surface area contributed by atoms with Gasteiger partial charge in [0, 0.05) is 17.3 Å². The first kappa shape index (κ1) is 12.9. The third kappa shape index (κ3) is 2.65. The van der Waals surface area contributed by atoms with Gasteiger partial charge in [-0.2, -0.15) is 0 Å². The average molecular weight is 261 g/mol. The largest absolute Gasteiger partial charge is 0.497 e. The summed E-state index contributed by atoms with van der Waals surface area (Å²) in [6.07, 6.45) is 0. The lowest BCUT2D eigenvalue weighted by Crippen LogP contribution is -1.99. The molecule has 5 heteroatoms. The molecule has 0 aliphatic rings. The van der Waals surface area contributed by atoms with Crippen molar-refractivity contribution in [3.8, 4) is 16.9 Å². The Morgan fingerprint density at radius 2 is 2.00 bits per heavy atom. The predicted molar refractivity (Wildman–Crippen MR) is 69.8 cm³/mol. The zero-order valence-electron chi connectivity index (χ0n) is 10.2. The summed E-state index contributed by atoms with van der Waals surface area (Å²) in [4.78, 5) is 11.0. The molecular formula is C14H12FNO3. The lowest BCUT2D eigenvalue weighted by Gasteiger charge is -2.08. The van der Waals surface area contributed by atoms with Gasteiger partial charge in [-0.05, 0) is 35.9 Å². The van der Waals surface area contributed by atoms with Crippen LogP contribution in [0.2, 0.25) is 0 Å². The van der Waals surface area contributed by atoms with Crippen molar-refractivity contribution in [1.82, 2.24) is 0 Å². The molecule has 2 aromatic rings. The maximum absolute atomic E-state index is 13.9. The van der Waals surface area contributed by atoms with Crippen molar-refractivity contribution >= 4 is 11.7 Å². The number of carboxylic acid groups (broad SMARTS) is 1. The van der Waals surface area contributed by atoms with E-state index in [9.17, 15) is 9.18 Å². The zero-order chi connectivity index (χ0) is 14.0. The fourth-order valence-electron chi connectivity index (χ4n) is 1.79. The number of aromatic carboxylic acids is 1. The first-order chi connectivity index (χ1) is 9.01. The molecule has 0 spiro atoms. The van der Waals surface area contributed by atoms with Crippen LogP contribution in [0.1, 0.15) is 10.4 Å². The molecule has 0 unspecified atom stereocenters. The summed E-state index contributed by atoms with van der Waals surface area (Å²) in [5.74, 6) is -1.22. The Morgan fingerprint density at radius 3 is 2.58 bits per heavy atom. The van der Waals surface area contributed by atoms with Crippen LogP contribution in [0.5, 0.6) is 5.75 Å². The van der Waals surface area contributed by atoms with Crippen molar-refractivity contribution < 1.29 is 19.0 Å². The third-order valence-electron chi connectivity index (χ3n) is 2.69. The Kier molecular flexibility index (Phi) is 3.37. The van der Waals surface area contributed by atoms with Crippen LogP contribution in [0.4, 0.5) is 10.1 Å². The number of hydrogen-bond donors (Lipinski definition) is 2. The number of carbonyl (C=O) groups is 1. The molecule has 4 nitrogen and oxygen atoms in total. The molecule has 0 radical (unpaired) electrons. The van der Waals surface area contributed by atoms with E-state index in [1.54, 1.807) is 6.07 Å². The molecule has 0 fully saturated rings. The summed E-state index contributed by atoms with van der Waals surface area (Å²) in [6, 6.07) is 8.59. The van der Waals surface area contributed by atoms with Gasteiger partial charge in [0.25, 0.3) is 0 Å². The Hall–Kier alpha value is -2.56. The lowest BCUT2D eigenvalue weighted by molar-refractivity contribution is 0.0697. The maximum Gasteiger partial charge on any atom is 0.335 e. The van der Waals surface area contributed by atoms with Gasteiger partial charge < -0.3 is 15.6 Å². The van der Waals surface area contributed by atoms with Crippen LogP contribution < -0.4 is 10.5 Å². The van der Waals surface area contributed by atoms with Gasteiger partial charge in [0.05, 0.1) is 12.7 Å². The van der Waals surface area contributed by atoms with Gasteiger partial charge >= 0.3 is 5.97 Å². The summed E-state index contributed by atoms with van der Waals surface area (Å²) >= 11 is 0. The minimum Gasteiger partial charge on any atom is -0.497 e. The molecule has 2 aromatic carbocycles. The molecule has 3 N–H and O–H groups in total. The number of nitrogen functional groups attached to an aromatic ring is 1. The molecule has 2 rings (SSSR count). The fraction of sp³-hybridized carbons (Fsp3) is 0.0714. The van der Waals surface area contributed by atoms with E-state index in [-0.39, 0.29) is 16.8 Å². The summed E-state index contributed by atoms with van der Waals surface area (Å²) in [5.41, 5.74) is 6.61. The van der Waals surface area contributed by atoms with Gasteiger partial charge in [-0.25, -0.2) is 9.18 Å². The number of nitrogens with two attached hydrogens (primary N) is 1. The third-order valence-corrected chi connectivity index (χ3v) is 2.69. The molecule has 0 saturated heterocycles. The molecule has 0 aromatic heterocycles. The van der Waals surface area contributed by atoms with E-state index in [0.29, 0.717) is 11.3 Å². The number of benzene rings is 2. The highest BCUT2D eigenvalue weighted by Crippen LogP contribution is 2.28. The Bertz CT molecular complexity index is 641. The Labute approximate surface area is 109 Å². The van der Waals surface area contributed by atoms with Crippen LogP contribution in [-0.4, -0.2) is 18.2 Å². The number of methoxy groups -OCH3 is 1. The smallest absolute Gasteiger partial charge is 0.335 e. The molecule has 0 bridgehead atoms. The van der Waals surface area contributed by atoms with E-state index in [1.165, 1.54) is 37.4 Å². The van der Waals surface area contributed by atoms with Crippen molar-refractivity contribution in [2.24, 2.45) is 0 Å². The van der Waals surface area contributed by atoms with Crippen LogP contribution in [0.15, 0.2) is 36.4 Å². The van der Waals surface area contributed by atoms with Crippen molar-refractivity contribution in [2.45, 2.75) is 0 Å². The van der Waals surface area contributed by atoms with Gasteiger partial charge in [-0.15, -0.1) is 0 Å². The van der Waals surface area contributed by atoms with Crippen molar-refractivity contribution in [3.63, 3.8) is 0 Å². The number of halogens is 1. The lowest BCUT2D eigenvalue weighted by atomic mass is 10.0. The van der Waals surface area contributed by atoms with Crippen LogP contribution in [0.25, 0.3) is 11.1 Å². The number of ether oxygens (including phenoxy) is 1. The molecule has 0 saturated carbocycles. The first-order valence-corrected chi connectivity index (χ1v) is 5.49. The number of anilines is 1. The second-order valence-corrected chi connectivity index (χ2v) is 3.99. The van der Waals surface area contributed by atoms with Gasteiger partial charge in [-0.3, -0.25) is 0 Å². The Balaban J connectivity index is 2.55. The second-order valence-electron chi connectivity index (χ2n) is 3.99. The highest BCUT2D eigenvalue weighted by atomic mass is 19.1. The van der Waals surface area contributed by atoms with E-state index in [0.717, 1.165) is 0 Å². The van der Waals surface area contributed by atoms with Gasteiger partial charge in [-0.1, -0.05) is 0 Å². The van der Waals surface area contributed by atoms with Crippen LogP contribution >= 0.6 is 0 Å². The van der Waals surface area contributed by atoms with Crippen LogP contribution in [0.3, 0.4) is 0 Å². The Morgan fingerprint density at radius 1 is 1.26 bits per heavy atom. The number of rotatable bonds is 3. The van der Waals surface area contributed by atoms with Gasteiger partial charge in [0.2, 0.25) is 0 Å². The summed E-state index contributed by atoms with van der Waals surface area (Å²) in [7, 11) is 1.44. The van der Waals surface area contributed by atoms with Crippen LogP contribution in [-0.2, 0) is 0 Å². The second kappa shape index (κ2) is 4.97.